The number of rotatable bonds is 2. The molecule has 0 aromatic carbocycles. The van der Waals surface area contributed by atoms with Gasteiger partial charge in [0.25, 0.3) is 0 Å². The van der Waals surface area contributed by atoms with Crippen LogP contribution in [0.15, 0.2) is 0 Å². The summed E-state index contributed by atoms with van der Waals surface area (Å²) in [7, 11) is 0. The molecule has 1 aliphatic heterocycles. The van der Waals surface area contributed by atoms with E-state index >= 15 is 0 Å². The van der Waals surface area contributed by atoms with Crippen molar-refractivity contribution < 1.29 is 4.74 Å². The molecule has 1 aliphatic carbocycles. The summed E-state index contributed by atoms with van der Waals surface area (Å²) in [5.41, 5.74) is 0. The van der Waals surface area contributed by atoms with Gasteiger partial charge in [-0.1, -0.05) is 53.4 Å². The molecule has 15 heavy (non-hydrogen) atoms. The maximum Gasteiger partial charge on any atom is 0.0518 e. The van der Waals surface area contributed by atoms with Crippen LogP contribution in [0, 0.1) is 23.7 Å². The van der Waals surface area contributed by atoms with Gasteiger partial charge in [0.15, 0.2) is 0 Å². The molecule has 1 heterocycles. The van der Waals surface area contributed by atoms with Crippen LogP contribution in [0.3, 0.4) is 0 Å². The second kappa shape index (κ2) is 6.52. The smallest absolute Gasteiger partial charge is 0.0518 e. The monoisotopic (exact) mass is 212 g/mol. The van der Waals surface area contributed by atoms with Crippen LogP contribution in [0.25, 0.3) is 0 Å². The average Bonchev–Trinajstić information content (AvgIpc) is 2.51. The molecule has 1 saturated carbocycles. The molecule has 0 bridgehead atoms. The summed E-state index contributed by atoms with van der Waals surface area (Å²) < 4.78 is 5.00. The van der Waals surface area contributed by atoms with Crippen molar-refractivity contribution in [1.29, 1.82) is 0 Å². The van der Waals surface area contributed by atoms with Crippen LogP contribution < -0.4 is 0 Å². The first kappa shape index (κ1) is 13.0. The Kier molecular flexibility index (Phi) is 5.66. The van der Waals surface area contributed by atoms with Gasteiger partial charge in [0.1, 0.15) is 0 Å². The van der Waals surface area contributed by atoms with Gasteiger partial charge in [-0.3, -0.25) is 0 Å². The Morgan fingerprint density at radius 2 is 1.27 bits per heavy atom. The molecule has 1 nitrogen and oxygen atoms in total. The van der Waals surface area contributed by atoms with Gasteiger partial charge >= 0.3 is 0 Å². The lowest BCUT2D eigenvalue weighted by Gasteiger charge is -2.29. The summed E-state index contributed by atoms with van der Waals surface area (Å²) in [4.78, 5) is 0. The van der Waals surface area contributed by atoms with Crippen LogP contribution in [0.2, 0.25) is 0 Å². The predicted octanol–water partition coefficient (Wildman–Crippen LogP) is 4.12. The van der Waals surface area contributed by atoms with E-state index in [4.69, 9.17) is 4.74 Å². The van der Waals surface area contributed by atoms with Crippen molar-refractivity contribution >= 4 is 0 Å². The SMILES string of the molecule is CC(C)C1CCCC1.CC(C)C1COC1. The van der Waals surface area contributed by atoms with Crippen LogP contribution in [0.4, 0.5) is 0 Å². The van der Waals surface area contributed by atoms with Gasteiger partial charge in [-0.05, 0) is 17.8 Å². The highest BCUT2D eigenvalue weighted by molar-refractivity contribution is 4.69. The molecule has 2 fully saturated rings. The van der Waals surface area contributed by atoms with E-state index in [9.17, 15) is 0 Å². The highest BCUT2D eigenvalue weighted by atomic mass is 16.5. The number of hydrogen-bond acceptors (Lipinski definition) is 1. The first-order chi connectivity index (χ1) is 7.11. The van der Waals surface area contributed by atoms with E-state index < -0.39 is 0 Å². The van der Waals surface area contributed by atoms with Gasteiger partial charge in [0.2, 0.25) is 0 Å². The van der Waals surface area contributed by atoms with E-state index in [0.29, 0.717) is 0 Å². The summed E-state index contributed by atoms with van der Waals surface area (Å²) in [6.07, 6.45) is 5.97. The Labute approximate surface area is 95.6 Å². The van der Waals surface area contributed by atoms with Crippen LogP contribution in [-0.4, -0.2) is 13.2 Å². The lowest BCUT2D eigenvalue weighted by atomic mass is 9.95. The minimum Gasteiger partial charge on any atom is -0.381 e. The van der Waals surface area contributed by atoms with Gasteiger partial charge < -0.3 is 4.74 Å². The van der Waals surface area contributed by atoms with E-state index in [0.717, 1.165) is 36.9 Å². The predicted molar refractivity (Wildman–Crippen MR) is 65.9 cm³/mol. The zero-order valence-corrected chi connectivity index (χ0v) is 11.0. The van der Waals surface area contributed by atoms with Crippen molar-refractivity contribution in [3.63, 3.8) is 0 Å². The number of hydrogen-bond donors (Lipinski definition) is 0. The molecule has 0 unspecified atom stereocenters. The molecule has 0 atom stereocenters. The lowest BCUT2D eigenvalue weighted by Crippen LogP contribution is -2.31. The van der Waals surface area contributed by atoms with Gasteiger partial charge in [0.05, 0.1) is 13.2 Å². The average molecular weight is 212 g/mol. The van der Waals surface area contributed by atoms with E-state index in [1.807, 2.05) is 0 Å². The third kappa shape index (κ3) is 4.55. The molecule has 0 aromatic rings. The molecular weight excluding hydrogens is 184 g/mol. The van der Waals surface area contributed by atoms with Crippen molar-refractivity contribution in [1.82, 2.24) is 0 Å². The summed E-state index contributed by atoms with van der Waals surface area (Å²) in [5.74, 6) is 3.70. The van der Waals surface area contributed by atoms with E-state index in [1.165, 1.54) is 25.7 Å². The Balaban J connectivity index is 0.000000151. The van der Waals surface area contributed by atoms with Crippen molar-refractivity contribution in [2.45, 2.75) is 53.4 Å². The molecule has 1 saturated heterocycles. The normalized spacial score (nSPS) is 22.8. The van der Waals surface area contributed by atoms with Crippen molar-refractivity contribution in [2.24, 2.45) is 23.7 Å². The van der Waals surface area contributed by atoms with E-state index in [1.54, 1.807) is 0 Å². The lowest BCUT2D eigenvalue weighted by molar-refractivity contribution is -0.0534. The Morgan fingerprint density at radius 1 is 0.800 bits per heavy atom. The van der Waals surface area contributed by atoms with Gasteiger partial charge in [-0.25, -0.2) is 0 Å². The maximum absolute atomic E-state index is 5.00. The van der Waals surface area contributed by atoms with Crippen LogP contribution >= 0.6 is 0 Å². The molecule has 0 spiro atoms. The summed E-state index contributed by atoms with van der Waals surface area (Å²) in [6.45, 7) is 11.2. The molecule has 2 rings (SSSR count). The van der Waals surface area contributed by atoms with Crippen molar-refractivity contribution in [2.75, 3.05) is 13.2 Å². The van der Waals surface area contributed by atoms with Crippen LogP contribution in [0.5, 0.6) is 0 Å². The fourth-order valence-corrected chi connectivity index (χ4v) is 2.26. The Hall–Kier alpha value is -0.0400. The minimum atomic E-state index is 0.828. The molecule has 0 N–H and O–H groups in total. The minimum absolute atomic E-state index is 0.828. The second-order valence-corrected chi connectivity index (χ2v) is 5.83. The van der Waals surface area contributed by atoms with E-state index in [-0.39, 0.29) is 0 Å². The van der Waals surface area contributed by atoms with Crippen molar-refractivity contribution in [3.05, 3.63) is 0 Å². The topological polar surface area (TPSA) is 9.23 Å². The Bertz CT molecular complexity index is 153. The van der Waals surface area contributed by atoms with Gasteiger partial charge in [-0.15, -0.1) is 0 Å². The first-order valence-corrected chi connectivity index (χ1v) is 6.69. The van der Waals surface area contributed by atoms with Gasteiger partial charge in [-0.2, -0.15) is 0 Å². The van der Waals surface area contributed by atoms with E-state index in [2.05, 4.69) is 27.7 Å². The molecule has 2 aliphatic rings. The van der Waals surface area contributed by atoms with Crippen LogP contribution in [0.1, 0.15) is 53.4 Å². The fourth-order valence-electron chi connectivity index (χ4n) is 2.26. The highest BCUT2D eigenvalue weighted by Crippen LogP contribution is 2.30. The zero-order chi connectivity index (χ0) is 11.3. The molecule has 0 radical (unpaired) electrons. The maximum atomic E-state index is 5.00. The quantitative estimate of drug-likeness (QED) is 0.669. The molecule has 90 valence electrons. The standard InChI is InChI=1S/C8H16.C6H12O/c1-7(2)8-5-3-4-6-8;1-5(2)6-3-7-4-6/h7-8H,3-6H2,1-2H3;5-6H,3-4H2,1-2H3. The van der Waals surface area contributed by atoms with Crippen molar-refractivity contribution in [3.8, 4) is 0 Å². The fraction of sp³-hybridized carbons (Fsp3) is 1.00. The second-order valence-electron chi connectivity index (χ2n) is 5.83. The summed E-state index contributed by atoms with van der Waals surface area (Å²) in [6, 6.07) is 0. The zero-order valence-electron chi connectivity index (χ0n) is 11.0. The molecule has 0 aromatic heterocycles. The largest absolute Gasteiger partial charge is 0.381 e. The summed E-state index contributed by atoms with van der Waals surface area (Å²) >= 11 is 0. The van der Waals surface area contributed by atoms with Gasteiger partial charge in [0, 0.05) is 5.92 Å². The molecular formula is C14H28O. The number of ether oxygens (including phenoxy) is 1. The third-order valence-corrected chi connectivity index (χ3v) is 3.95. The highest BCUT2D eigenvalue weighted by Gasteiger charge is 2.20. The third-order valence-electron chi connectivity index (χ3n) is 3.95. The molecule has 1 heteroatoms. The van der Waals surface area contributed by atoms with Crippen LogP contribution in [-0.2, 0) is 4.74 Å². The Morgan fingerprint density at radius 3 is 1.40 bits per heavy atom. The molecule has 0 amide bonds. The first-order valence-electron chi connectivity index (χ1n) is 6.69. The summed E-state index contributed by atoms with van der Waals surface area (Å²) in [5, 5.41) is 0.